The van der Waals surface area contributed by atoms with Crippen molar-refractivity contribution in [1.29, 1.82) is 0 Å². The minimum atomic E-state index is 0.159. The van der Waals surface area contributed by atoms with Gasteiger partial charge in [0.1, 0.15) is 5.75 Å². The molecule has 0 aliphatic carbocycles. The lowest BCUT2D eigenvalue weighted by Gasteiger charge is -2.17. The van der Waals surface area contributed by atoms with Gasteiger partial charge in [0, 0.05) is 34.9 Å². The number of aryl methyl sites for hydroxylation is 1. The number of halogens is 1. The van der Waals surface area contributed by atoms with Gasteiger partial charge in [0.05, 0.1) is 12.8 Å². The third kappa shape index (κ3) is 3.55. The molecular formula is C17H21ClN2O. The summed E-state index contributed by atoms with van der Waals surface area (Å²) in [6.45, 7) is 6.81. The number of pyridine rings is 1. The molecule has 3 nitrogen and oxygen atoms in total. The van der Waals surface area contributed by atoms with Gasteiger partial charge in [-0.05, 0) is 32.4 Å². The molecule has 0 amide bonds. The normalized spacial score (nSPS) is 12.2. The summed E-state index contributed by atoms with van der Waals surface area (Å²) in [5, 5.41) is 4.25. The van der Waals surface area contributed by atoms with Crippen molar-refractivity contribution in [2.75, 3.05) is 7.11 Å². The standard InChI is InChI=1S/C17H21ClN2O/c1-11-9-20-16(12(2)17(11)21-4)10-19-13(3)14-7-5-6-8-15(14)18/h5-9,13,19H,10H2,1-4H3/t13-/m1/s1. The van der Waals surface area contributed by atoms with Gasteiger partial charge in [-0.15, -0.1) is 0 Å². The monoisotopic (exact) mass is 304 g/mol. The zero-order valence-electron chi connectivity index (χ0n) is 12.9. The first-order chi connectivity index (χ1) is 10.0. The zero-order chi connectivity index (χ0) is 15.4. The van der Waals surface area contributed by atoms with Crippen LogP contribution >= 0.6 is 11.6 Å². The molecule has 0 saturated carbocycles. The number of aromatic nitrogens is 1. The number of nitrogens with one attached hydrogen (secondary N) is 1. The molecular weight excluding hydrogens is 284 g/mol. The third-order valence-electron chi connectivity index (χ3n) is 3.70. The Morgan fingerprint density at radius 1 is 1.29 bits per heavy atom. The van der Waals surface area contributed by atoms with Crippen molar-refractivity contribution in [2.24, 2.45) is 0 Å². The van der Waals surface area contributed by atoms with Crippen LogP contribution < -0.4 is 10.1 Å². The van der Waals surface area contributed by atoms with E-state index in [0.717, 1.165) is 33.2 Å². The maximum Gasteiger partial charge on any atom is 0.128 e. The van der Waals surface area contributed by atoms with Crippen molar-refractivity contribution >= 4 is 11.6 Å². The molecule has 0 bridgehead atoms. The Labute approximate surface area is 131 Å². The van der Waals surface area contributed by atoms with E-state index in [4.69, 9.17) is 16.3 Å². The fourth-order valence-corrected chi connectivity index (χ4v) is 2.73. The zero-order valence-corrected chi connectivity index (χ0v) is 13.7. The van der Waals surface area contributed by atoms with E-state index in [1.165, 1.54) is 0 Å². The molecule has 2 rings (SSSR count). The van der Waals surface area contributed by atoms with E-state index in [-0.39, 0.29) is 6.04 Å². The van der Waals surface area contributed by atoms with E-state index >= 15 is 0 Å². The first-order valence-corrected chi connectivity index (χ1v) is 7.39. The van der Waals surface area contributed by atoms with Crippen molar-refractivity contribution in [3.8, 4) is 5.75 Å². The second-order valence-electron chi connectivity index (χ2n) is 5.17. The molecule has 0 unspecified atom stereocenters. The molecule has 0 fully saturated rings. The maximum atomic E-state index is 6.22. The summed E-state index contributed by atoms with van der Waals surface area (Å²) < 4.78 is 5.44. The maximum absolute atomic E-state index is 6.22. The number of ether oxygens (including phenoxy) is 1. The molecule has 0 aliphatic heterocycles. The smallest absolute Gasteiger partial charge is 0.128 e. The van der Waals surface area contributed by atoms with E-state index < -0.39 is 0 Å². The van der Waals surface area contributed by atoms with Gasteiger partial charge in [-0.3, -0.25) is 4.98 Å². The Morgan fingerprint density at radius 3 is 2.67 bits per heavy atom. The molecule has 1 N–H and O–H groups in total. The van der Waals surface area contributed by atoms with Gasteiger partial charge < -0.3 is 10.1 Å². The van der Waals surface area contributed by atoms with Crippen LogP contribution in [0.3, 0.4) is 0 Å². The second kappa shape index (κ2) is 6.92. The highest BCUT2D eigenvalue weighted by Crippen LogP contribution is 2.25. The Kier molecular flexibility index (Phi) is 5.21. The molecule has 4 heteroatoms. The number of nitrogens with zero attached hydrogens (tertiary/aromatic N) is 1. The summed E-state index contributed by atoms with van der Waals surface area (Å²) in [6, 6.07) is 8.04. The Morgan fingerprint density at radius 2 is 2.00 bits per heavy atom. The quantitative estimate of drug-likeness (QED) is 0.898. The van der Waals surface area contributed by atoms with Crippen molar-refractivity contribution in [3.63, 3.8) is 0 Å². The van der Waals surface area contributed by atoms with Gasteiger partial charge in [-0.2, -0.15) is 0 Å². The average molecular weight is 305 g/mol. The van der Waals surface area contributed by atoms with Crippen LogP contribution in [0.2, 0.25) is 5.02 Å². The lowest BCUT2D eigenvalue weighted by Crippen LogP contribution is -2.20. The fraction of sp³-hybridized carbons (Fsp3) is 0.353. The minimum Gasteiger partial charge on any atom is -0.496 e. The highest BCUT2D eigenvalue weighted by molar-refractivity contribution is 6.31. The Bertz CT molecular complexity index is 628. The number of methoxy groups -OCH3 is 1. The van der Waals surface area contributed by atoms with Crippen LogP contribution in [0.1, 0.15) is 35.3 Å². The number of benzene rings is 1. The predicted octanol–water partition coefficient (Wildman–Crippen LogP) is 4.21. The van der Waals surface area contributed by atoms with Crippen molar-refractivity contribution in [3.05, 3.63) is 57.9 Å². The molecule has 1 aromatic carbocycles. The van der Waals surface area contributed by atoms with E-state index in [9.17, 15) is 0 Å². The highest BCUT2D eigenvalue weighted by atomic mass is 35.5. The van der Waals surface area contributed by atoms with Crippen LogP contribution in [-0.2, 0) is 6.54 Å². The molecule has 0 aliphatic rings. The molecule has 21 heavy (non-hydrogen) atoms. The summed E-state index contributed by atoms with van der Waals surface area (Å²) in [5.41, 5.74) is 4.22. The molecule has 1 heterocycles. The van der Waals surface area contributed by atoms with Gasteiger partial charge in [0.2, 0.25) is 0 Å². The Hall–Kier alpha value is -1.58. The number of hydrogen-bond acceptors (Lipinski definition) is 3. The third-order valence-corrected chi connectivity index (χ3v) is 4.04. The molecule has 1 aromatic heterocycles. The first kappa shape index (κ1) is 15.8. The highest BCUT2D eigenvalue weighted by Gasteiger charge is 2.12. The largest absolute Gasteiger partial charge is 0.496 e. The number of hydrogen-bond donors (Lipinski definition) is 1. The van der Waals surface area contributed by atoms with Crippen molar-refractivity contribution < 1.29 is 4.74 Å². The van der Waals surface area contributed by atoms with Gasteiger partial charge in [-0.1, -0.05) is 29.8 Å². The van der Waals surface area contributed by atoms with Gasteiger partial charge >= 0.3 is 0 Å². The topological polar surface area (TPSA) is 34.1 Å². The number of rotatable bonds is 5. The molecule has 0 radical (unpaired) electrons. The van der Waals surface area contributed by atoms with Crippen LogP contribution in [0, 0.1) is 13.8 Å². The van der Waals surface area contributed by atoms with E-state index in [1.807, 2.05) is 44.3 Å². The lowest BCUT2D eigenvalue weighted by molar-refractivity contribution is 0.406. The van der Waals surface area contributed by atoms with Crippen molar-refractivity contribution in [2.45, 2.75) is 33.4 Å². The SMILES string of the molecule is COc1c(C)cnc(CN[C@H](C)c2ccccc2Cl)c1C. The van der Waals surface area contributed by atoms with E-state index in [2.05, 4.69) is 17.2 Å². The molecule has 0 spiro atoms. The second-order valence-corrected chi connectivity index (χ2v) is 5.58. The van der Waals surface area contributed by atoms with Gasteiger partial charge in [0.15, 0.2) is 0 Å². The molecule has 0 saturated heterocycles. The van der Waals surface area contributed by atoms with E-state index in [0.29, 0.717) is 6.54 Å². The molecule has 2 aromatic rings. The van der Waals surface area contributed by atoms with Crippen LogP contribution in [-0.4, -0.2) is 12.1 Å². The summed E-state index contributed by atoms with van der Waals surface area (Å²) in [7, 11) is 1.69. The van der Waals surface area contributed by atoms with Gasteiger partial charge in [0.25, 0.3) is 0 Å². The summed E-state index contributed by atoms with van der Waals surface area (Å²) in [5.74, 6) is 0.909. The lowest BCUT2D eigenvalue weighted by atomic mass is 10.1. The van der Waals surface area contributed by atoms with Crippen molar-refractivity contribution in [1.82, 2.24) is 10.3 Å². The average Bonchev–Trinajstić information content (AvgIpc) is 2.47. The Balaban J connectivity index is 2.12. The molecule has 1 atom stereocenters. The summed E-state index contributed by atoms with van der Waals surface area (Å²) in [4.78, 5) is 4.50. The summed E-state index contributed by atoms with van der Waals surface area (Å²) >= 11 is 6.22. The van der Waals surface area contributed by atoms with E-state index in [1.54, 1.807) is 7.11 Å². The summed E-state index contributed by atoms with van der Waals surface area (Å²) in [6.07, 6.45) is 1.85. The van der Waals surface area contributed by atoms with Gasteiger partial charge in [-0.25, -0.2) is 0 Å². The molecule has 112 valence electrons. The minimum absolute atomic E-state index is 0.159. The fourth-order valence-electron chi connectivity index (χ4n) is 2.44. The van der Waals surface area contributed by atoms with Crippen LogP contribution in [0.25, 0.3) is 0 Å². The first-order valence-electron chi connectivity index (χ1n) is 7.01. The van der Waals surface area contributed by atoms with Crippen LogP contribution in [0.4, 0.5) is 0 Å². The van der Waals surface area contributed by atoms with Crippen LogP contribution in [0.15, 0.2) is 30.5 Å². The van der Waals surface area contributed by atoms with Crippen LogP contribution in [0.5, 0.6) is 5.75 Å². The predicted molar refractivity (Wildman–Crippen MR) is 87.0 cm³/mol.